The number of nitrogens with one attached hydrogen (secondary N) is 1. The van der Waals surface area contributed by atoms with E-state index in [0.29, 0.717) is 30.3 Å². The summed E-state index contributed by atoms with van der Waals surface area (Å²) in [6.45, 7) is 2.25. The van der Waals surface area contributed by atoms with Crippen molar-refractivity contribution >= 4 is 22.8 Å². The quantitative estimate of drug-likeness (QED) is 0.868. The summed E-state index contributed by atoms with van der Waals surface area (Å²) in [4.78, 5) is 28.2. The average Bonchev–Trinajstić information content (AvgIpc) is 2.95. The minimum Gasteiger partial charge on any atom is -0.480 e. The number of carbonyl (C=O) groups is 2. The number of ether oxygens (including phenoxy) is 1. The second-order valence-corrected chi connectivity index (χ2v) is 6.46. The number of aliphatic carboxylic acids is 1. The van der Waals surface area contributed by atoms with Gasteiger partial charge in [0, 0.05) is 23.5 Å². The molecule has 1 saturated heterocycles. The molecule has 1 aliphatic heterocycles. The van der Waals surface area contributed by atoms with Crippen molar-refractivity contribution < 1.29 is 32.6 Å². The number of H-pyrrole nitrogens is 1. The topological polar surface area (TPSA) is 82.6 Å². The fourth-order valence-corrected chi connectivity index (χ4v) is 3.19. The molecule has 3 rings (SSSR count). The zero-order valence-corrected chi connectivity index (χ0v) is 13.8. The van der Waals surface area contributed by atoms with Crippen molar-refractivity contribution in [1.29, 1.82) is 0 Å². The van der Waals surface area contributed by atoms with Crippen LogP contribution >= 0.6 is 0 Å². The lowest BCUT2D eigenvalue weighted by atomic mass is 9.92. The van der Waals surface area contributed by atoms with Crippen LogP contribution in [0.5, 0.6) is 5.75 Å². The van der Waals surface area contributed by atoms with Gasteiger partial charge in [0.1, 0.15) is 17.5 Å². The number of likely N-dealkylation sites (tertiary alicyclic amines) is 1. The highest BCUT2D eigenvalue weighted by molar-refractivity contribution is 6.00. The van der Waals surface area contributed by atoms with Crippen LogP contribution in [0.4, 0.5) is 13.2 Å². The molecule has 9 heteroatoms. The first-order valence-corrected chi connectivity index (χ1v) is 8.06. The Morgan fingerprint density at radius 2 is 2.04 bits per heavy atom. The summed E-state index contributed by atoms with van der Waals surface area (Å²) in [5, 5.41) is 9.91. The van der Waals surface area contributed by atoms with Crippen LogP contribution in [0.1, 0.15) is 30.3 Å². The molecule has 26 heavy (non-hydrogen) atoms. The van der Waals surface area contributed by atoms with Crippen LogP contribution in [0.2, 0.25) is 0 Å². The number of carbonyl (C=O) groups excluding carboxylic acids is 1. The SMILES string of the molecule is CC1CCN(C(=O)c2cc3ccc(OC(F)(F)F)cc3[nH]2)C(C(=O)O)C1. The number of fused-ring (bicyclic) bond motifs is 1. The van der Waals surface area contributed by atoms with E-state index >= 15 is 0 Å². The number of amides is 1. The number of benzene rings is 1. The van der Waals surface area contributed by atoms with Crippen LogP contribution < -0.4 is 4.74 Å². The van der Waals surface area contributed by atoms with Crippen LogP contribution in [0.25, 0.3) is 10.9 Å². The Bertz CT molecular complexity index is 846. The number of halogens is 3. The van der Waals surface area contributed by atoms with Crippen LogP contribution in [-0.2, 0) is 4.79 Å². The Morgan fingerprint density at radius 3 is 2.69 bits per heavy atom. The second-order valence-electron chi connectivity index (χ2n) is 6.46. The smallest absolute Gasteiger partial charge is 0.480 e. The maximum Gasteiger partial charge on any atom is 0.573 e. The van der Waals surface area contributed by atoms with Gasteiger partial charge >= 0.3 is 12.3 Å². The van der Waals surface area contributed by atoms with Crippen molar-refractivity contribution in [2.75, 3.05) is 6.54 Å². The molecule has 2 N–H and O–H groups in total. The van der Waals surface area contributed by atoms with Crippen molar-refractivity contribution in [2.24, 2.45) is 5.92 Å². The van der Waals surface area contributed by atoms with Crippen molar-refractivity contribution in [3.05, 3.63) is 30.0 Å². The van der Waals surface area contributed by atoms with E-state index in [4.69, 9.17) is 0 Å². The number of aromatic nitrogens is 1. The van der Waals surface area contributed by atoms with E-state index in [0.717, 1.165) is 12.1 Å². The van der Waals surface area contributed by atoms with Crippen LogP contribution in [0, 0.1) is 5.92 Å². The third-order valence-corrected chi connectivity index (χ3v) is 4.47. The molecule has 1 aromatic carbocycles. The molecule has 0 bridgehead atoms. The van der Waals surface area contributed by atoms with Gasteiger partial charge in [0.15, 0.2) is 0 Å². The number of hydrogen-bond acceptors (Lipinski definition) is 3. The highest BCUT2D eigenvalue weighted by Crippen LogP contribution is 2.28. The lowest BCUT2D eigenvalue weighted by molar-refractivity contribution is -0.274. The van der Waals surface area contributed by atoms with Gasteiger partial charge in [0.2, 0.25) is 0 Å². The predicted octanol–water partition coefficient (Wildman–Crippen LogP) is 3.39. The minimum absolute atomic E-state index is 0.130. The molecule has 140 valence electrons. The molecule has 2 unspecified atom stereocenters. The summed E-state index contributed by atoms with van der Waals surface area (Å²) in [6.07, 6.45) is -3.75. The lowest BCUT2D eigenvalue weighted by Crippen LogP contribution is -2.49. The predicted molar refractivity (Wildman–Crippen MR) is 85.8 cm³/mol. The molecule has 2 heterocycles. The standard InChI is InChI=1S/C17H17F3N2O4/c1-9-4-5-22(14(6-9)16(24)25)15(23)13-7-10-2-3-11(8-12(10)21-13)26-17(18,19)20/h2-3,7-9,14,21H,4-6H2,1H3,(H,24,25). The van der Waals surface area contributed by atoms with Crippen molar-refractivity contribution in [3.8, 4) is 5.75 Å². The highest BCUT2D eigenvalue weighted by atomic mass is 19.4. The first-order valence-electron chi connectivity index (χ1n) is 8.06. The zero-order chi connectivity index (χ0) is 19.1. The highest BCUT2D eigenvalue weighted by Gasteiger charge is 2.36. The number of rotatable bonds is 3. The molecule has 0 spiro atoms. The van der Waals surface area contributed by atoms with Crippen molar-refractivity contribution in [1.82, 2.24) is 9.88 Å². The van der Waals surface area contributed by atoms with Gasteiger partial charge in [-0.05, 0) is 37.0 Å². The van der Waals surface area contributed by atoms with Crippen molar-refractivity contribution in [2.45, 2.75) is 32.2 Å². The number of nitrogens with zero attached hydrogens (tertiary/aromatic N) is 1. The van der Waals surface area contributed by atoms with Gasteiger partial charge in [-0.2, -0.15) is 0 Å². The van der Waals surface area contributed by atoms with Gasteiger partial charge < -0.3 is 19.7 Å². The Labute approximate surface area is 146 Å². The summed E-state index contributed by atoms with van der Waals surface area (Å²) in [5.41, 5.74) is 0.428. The average molecular weight is 370 g/mol. The van der Waals surface area contributed by atoms with E-state index in [9.17, 15) is 27.9 Å². The molecule has 1 amide bonds. The molecule has 2 atom stereocenters. The van der Waals surface area contributed by atoms with Crippen LogP contribution in [-0.4, -0.2) is 45.8 Å². The fraction of sp³-hybridized carbons (Fsp3) is 0.412. The maximum absolute atomic E-state index is 12.7. The first-order chi connectivity index (χ1) is 12.1. The van der Waals surface area contributed by atoms with E-state index in [1.165, 1.54) is 17.0 Å². The summed E-state index contributed by atoms with van der Waals surface area (Å²) in [7, 11) is 0. The Morgan fingerprint density at radius 1 is 1.31 bits per heavy atom. The van der Waals surface area contributed by atoms with Gasteiger partial charge in [0.25, 0.3) is 5.91 Å². The molecule has 0 aliphatic carbocycles. The zero-order valence-electron chi connectivity index (χ0n) is 13.8. The monoisotopic (exact) mass is 370 g/mol. The number of aromatic amines is 1. The molecule has 1 aromatic heterocycles. The van der Waals surface area contributed by atoms with Crippen LogP contribution in [0.15, 0.2) is 24.3 Å². The molecular formula is C17H17F3N2O4. The summed E-state index contributed by atoms with van der Waals surface area (Å²) in [6, 6.07) is 4.28. The minimum atomic E-state index is -4.81. The number of piperidine rings is 1. The molecule has 2 aromatic rings. The number of hydrogen-bond donors (Lipinski definition) is 2. The molecule has 1 aliphatic rings. The number of carboxylic acids is 1. The normalized spacial score (nSPS) is 21.0. The van der Waals surface area contributed by atoms with Gasteiger partial charge in [0.05, 0.1) is 0 Å². The number of alkyl halides is 3. The number of carboxylic acid groups (broad SMARTS) is 1. The largest absolute Gasteiger partial charge is 0.573 e. The van der Waals surface area contributed by atoms with Gasteiger partial charge in [-0.3, -0.25) is 4.79 Å². The Hall–Kier alpha value is -2.71. The third kappa shape index (κ3) is 3.76. The summed E-state index contributed by atoms with van der Waals surface area (Å²) in [5.74, 6) is -1.76. The van der Waals surface area contributed by atoms with Gasteiger partial charge in [-0.15, -0.1) is 13.2 Å². The van der Waals surface area contributed by atoms with E-state index < -0.39 is 30.0 Å². The van der Waals surface area contributed by atoms with Crippen molar-refractivity contribution in [3.63, 3.8) is 0 Å². The summed E-state index contributed by atoms with van der Waals surface area (Å²) >= 11 is 0. The molecule has 6 nitrogen and oxygen atoms in total. The Balaban J connectivity index is 1.87. The molecule has 0 saturated carbocycles. The summed E-state index contributed by atoms with van der Waals surface area (Å²) < 4.78 is 40.8. The Kier molecular flexibility index (Phi) is 4.55. The third-order valence-electron chi connectivity index (χ3n) is 4.47. The first kappa shape index (κ1) is 18.1. The molecule has 0 radical (unpaired) electrons. The van der Waals surface area contributed by atoms with E-state index in [-0.39, 0.29) is 11.6 Å². The maximum atomic E-state index is 12.7. The molecule has 1 fully saturated rings. The van der Waals surface area contributed by atoms with E-state index in [2.05, 4.69) is 9.72 Å². The van der Waals surface area contributed by atoms with Gasteiger partial charge in [-0.25, -0.2) is 4.79 Å². The molecular weight excluding hydrogens is 353 g/mol. The van der Waals surface area contributed by atoms with Gasteiger partial charge in [-0.1, -0.05) is 6.92 Å². The van der Waals surface area contributed by atoms with E-state index in [1.54, 1.807) is 0 Å². The lowest BCUT2D eigenvalue weighted by Gasteiger charge is -2.35. The fourth-order valence-electron chi connectivity index (χ4n) is 3.19. The van der Waals surface area contributed by atoms with E-state index in [1.807, 2.05) is 6.92 Å². The second kappa shape index (κ2) is 6.54. The van der Waals surface area contributed by atoms with Crippen LogP contribution in [0.3, 0.4) is 0 Å².